The number of carbonyl (C=O) groups excluding carboxylic acids is 1. The lowest BCUT2D eigenvalue weighted by Crippen LogP contribution is -2.21. The summed E-state index contributed by atoms with van der Waals surface area (Å²) in [6, 6.07) is 5.56. The number of pyridine rings is 1. The Morgan fingerprint density at radius 1 is 1.33 bits per heavy atom. The summed E-state index contributed by atoms with van der Waals surface area (Å²) in [6.07, 6.45) is 1.31. The van der Waals surface area contributed by atoms with Crippen molar-refractivity contribution in [2.45, 2.75) is 0 Å². The van der Waals surface area contributed by atoms with Crippen LogP contribution in [0.3, 0.4) is 0 Å². The molecule has 128 valence electrons. The number of rotatable bonds is 6. The third-order valence-electron chi connectivity index (χ3n) is 3.08. The lowest BCUT2D eigenvalue weighted by Gasteiger charge is -2.13. The molecular weight excluding hydrogens is 385 g/mol. The van der Waals surface area contributed by atoms with Gasteiger partial charge in [-0.3, -0.25) is 4.79 Å². The maximum atomic E-state index is 14.0. The van der Waals surface area contributed by atoms with Crippen molar-refractivity contribution >= 4 is 33.3 Å². The second-order valence-corrected chi connectivity index (χ2v) is 5.72. The molecule has 0 saturated carbocycles. The topological polar surface area (TPSA) is 95.6 Å². The van der Waals surface area contributed by atoms with E-state index in [2.05, 4.69) is 26.1 Å². The number of hydrogen-bond acceptors (Lipinski definition) is 6. The second kappa shape index (κ2) is 8.04. The van der Waals surface area contributed by atoms with Crippen molar-refractivity contribution < 1.29 is 18.8 Å². The number of nitrogens with one attached hydrogen (secondary N) is 1. The van der Waals surface area contributed by atoms with Crippen LogP contribution in [0.2, 0.25) is 0 Å². The highest BCUT2D eigenvalue weighted by Crippen LogP contribution is 2.25. The van der Waals surface area contributed by atoms with Crippen LogP contribution in [-0.4, -0.2) is 23.8 Å². The van der Waals surface area contributed by atoms with Crippen molar-refractivity contribution in [3.63, 3.8) is 0 Å². The number of nitrogens with two attached hydrogens (primary N) is 1. The number of aryl methyl sites for hydroxylation is 1. The average molecular weight is 400 g/mol. The fourth-order valence-corrected chi connectivity index (χ4v) is 2.23. The van der Waals surface area contributed by atoms with Crippen LogP contribution in [0, 0.1) is 5.82 Å². The van der Waals surface area contributed by atoms with Gasteiger partial charge in [0.1, 0.15) is 19.0 Å². The summed E-state index contributed by atoms with van der Waals surface area (Å²) in [7, 11) is 1.49. The fraction of sp³-hybridized carbons (Fsp3) is 0.200. The summed E-state index contributed by atoms with van der Waals surface area (Å²) < 4.78 is 20.8. The van der Waals surface area contributed by atoms with E-state index in [1.165, 1.54) is 36.0 Å². The highest BCUT2D eigenvalue weighted by molar-refractivity contribution is 9.10. The Morgan fingerprint density at radius 3 is 2.75 bits per heavy atom. The van der Waals surface area contributed by atoms with E-state index in [0.29, 0.717) is 4.47 Å². The smallest absolute Gasteiger partial charge is 0.341 e. The van der Waals surface area contributed by atoms with Crippen molar-refractivity contribution in [1.82, 2.24) is 4.57 Å². The van der Waals surface area contributed by atoms with E-state index in [-0.39, 0.29) is 35.7 Å². The van der Waals surface area contributed by atoms with Crippen molar-refractivity contribution in [3.05, 3.63) is 56.7 Å². The summed E-state index contributed by atoms with van der Waals surface area (Å²) in [6.45, 7) is -0.0220. The summed E-state index contributed by atoms with van der Waals surface area (Å²) in [5, 5.41) is 2.74. The van der Waals surface area contributed by atoms with E-state index in [0.717, 1.165) is 0 Å². The Balaban J connectivity index is 2.35. The zero-order chi connectivity index (χ0) is 17.7. The standard InChI is InChI=1S/C15H15BrFN3O4/c1-20-8-10(15(22)23-4-5-24-18)13(7-14(20)21)19-12-3-2-9(16)6-11(12)17/h2-3,6-8,19H,4-5,18H2,1H3. The van der Waals surface area contributed by atoms with Gasteiger partial charge in [0.15, 0.2) is 0 Å². The number of hydrogen-bond donors (Lipinski definition) is 2. The van der Waals surface area contributed by atoms with Crippen molar-refractivity contribution in [1.29, 1.82) is 0 Å². The minimum Gasteiger partial charge on any atom is -0.459 e. The van der Waals surface area contributed by atoms with Crippen LogP contribution in [-0.2, 0) is 16.6 Å². The largest absolute Gasteiger partial charge is 0.459 e. The summed E-state index contributed by atoms with van der Waals surface area (Å²) >= 11 is 3.16. The molecule has 0 unspecified atom stereocenters. The number of benzene rings is 1. The normalized spacial score (nSPS) is 10.5. The summed E-state index contributed by atoms with van der Waals surface area (Å²) in [4.78, 5) is 28.3. The maximum absolute atomic E-state index is 14.0. The second-order valence-electron chi connectivity index (χ2n) is 4.81. The molecule has 9 heteroatoms. The molecule has 0 amide bonds. The van der Waals surface area contributed by atoms with Gasteiger partial charge in [-0.25, -0.2) is 15.1 Å². The van der Waals surface area contributed by atoms with Gasteiger partial charge in [-0.05, 0) is 18.2 Å². The number of ether oxygens (including phenoxy) is 1. The summed E-state index contributed by atoms with van der Waals surface area (Å²) in [5.41, 5.74) is -0.0305. The molecule has 0 fully saturated rings. The zero-order valence-electron chi connectivity index (χ0n) is 12.7. The molecule has 0 aliphatic heterocycles. The van der Waals surface area contributed by atoms with Gasteiger partial charge in [-0.15, -0.1) is 0 Å². The van der Waals surface area contributed by atoms with Gasteiger partial charge in [-0.2, -0.15) is 0 Å². The quantitative estimate of drug-likeness (QED) is 0.438. The number of aromatic nitrogens is 1. The number of halogens is 2. The first-order valence-electron chi connectivity index (χ1n) is 6.84. The van der Waals surface area contributed by atoms with E-state index < -0.39 is 11.8 Å². The highest BCUT2D eigenvalue weighted by Gasteiger charge is 2.16. The van der Waals surface area contributed by atoms with Crippen LogP contribution in [0.1, 0.15) is 10.4 Å². The van der Waals surface area contributed by atoms with Gasteiger partial charge in [0.05, 0.1) is 16.9 Å². The van der Waals surface area contributed by atoms with Gasteiger partial charge in [0.25, 0.3) is 5.56 Å². The van der Waals surface area contributed by atoms with Crippen LogP contribution in [0.25, 0.3) is 0 Å². The first-order valence-corrected chi connectivity index (χ1v) is 7.63. The molecule has 0 bridgehead atoms. The van der Waals surface area contributed by atoms with Crippen LogP contribution in [0.15, 0.2) is 39.7 Å². The molecule has 3 N–H and O–H groups in total. The van der Waals surface area contributed by atoms with E-state index in [9.17, 15) is 14.0 Å². The average Bonchev–Trinajstić information content (AvgIpc) is 2.53. The Morgan fingerprint density at radius 2 is 2.08 bits per heavy atom. The lowest BCUT2D eigenvalue weighted by molar-refractivity contribution is 0.0317. The van der Waals surface area contributed by atoms with Gasteiger partial charge in [0.2, 0.25) is 0 Å². The molecule has 0 radical (unpaired) electrons. The first kappa shape index (κ1) is 18.1. The molecular formula is C15H15BrFN3O4. The van der Waals surface area contributed by atoms with E-state index in [4.69, 9.17) is 10.6 Å². The van der Waals surface area contributed by atoms with Crippen molar-refractivity contribution in [2.24, 2.45) is 12.9 Å². The van der Waals surface area contributed by atoms with E-state index >= 15 is 0 Å². The minimum atomic E-state index is -0.692. The molecule has 0 spiro atoms. The minimum absolute atomic E-state index is 0.0294. The molecule has 7 nitrogen and oxygen atoms in total. The number of anilines is 2. The third kappa shape index (κ3) is 4.40. The van der Waals surface area contributed by atoms with Crippen LogP contribution >= 0.6 is 15.9 Å². The molecule has 2 rings (SSSR count). The highest BCUT2D eigenvalue weighted by atomic mass is 79.9. The molecule has 1 aromatic carbocycles. The van der Waals surface area contributed by atoms with E-state index in [1.807, 2.05) is 0 Å². The Hall–Kier alpha value is -2.23. The van der Waals surface area contributed by atoms with Gasteiger partial charge >= 0.3 is 5.97 Å². The molecule has 0 atom stereocenters. The monoisotopic (exact) mass is 399 g/mol. The lowest BCUT2D eigenvalue weighted by atomic mass is 10.2. The molecule has 0 saturated heterocycles. The van der Waals surface area contributed by atoms with E-state index in [1.54, 1.807) is 6.07 Å². The number of carbonyl (C=O) groups is 1. The molecule has 1 aromatic heterocycles. The Kier molecular flexibility index (Phi) is 6.07. The molecule has 0 aliphatic carbocycles. The molecule has 2 aromatic rings. The molecule has 0 aliphatic rings. The SMILES string of the molecule is Cn1cc(C(=O)OCCON)c(Nc2ccc(Br)cc2F)cc1=O. The third-order valence-corrected chi connectivity index (χ3v) is 3.58. The fourth-order valence-electron chi connectivity index (χ4n) is 1.89. The van der Waals surface area contributed by atoms with Crippen molar-refractivity contribution in [2.75, 3.05) is 18.5 Å². The predicted octanol–water partition coefficient (Wildman–Crippen LogP) is 2.08. The first-order chi connectivity index (χ1) is 11.4. The van der Waals surface area contributed by atoms with Gasteiger partial charge in [0, 0.05) is 23.8 Å². The van der Waals surface area contributed by atoms with Gasteiger partial charge < -0.3 is 19.5 Å². The van der Waals surface area contributed by atoms with Crippen molar-refractivity contribution in [3.8, 4) is 0 Å². The van der Waals surface area contributed by atoms with Crippen LogP contribution in [0.5, 0.6) is 0 Å². The molecule has 24 heavy (non-hydrogen) atoms. The van der Waals surface area contributed by atoms with Crippen LogP contribution in [0.4, 0.5) is 15.8 Å². The Labute approximate surface area is 145 Å². The molecule has 1 heterocycles. The zero-order valence-corrected chi connectivity index (χ0v) is 14.3. The summed E-state index contributed by atoms with van der Waals surface area (Å²) in [5.74, 6) is 3.63. The number of nitrogens with zero attached hydrogens (tertiary/aromatic N) is 1. The van der Waals surface area contributed by atoms with Gasteiger partial charge in [-0.1, -0.05) is 15.9 Å². The Bertz CT molecular complexity index is 810. The maximum Gasteiger partial charge on any atom is 0.341 e. The van der Waals surface area contributed by atoms with Crippen LogP contribution < -0.4 is 16.8 Å². The number of esters is 1. The predicted molar refractivity (Wildman–Crippen MR) is 89.5 cm³/mol.